The molecule has 0 radical (unpaired) electrons. The third-order valence-corrected chi connectivity index (χ3v) is 2.39. The molecule has 16 heavy (non-hydrogen) atoms. The molecule has 0 atom stereocenters. The predicted molar refractivity (Wildman–Crippen MR) is 60.2 cm³/mol. The van der Waals surface area contributed by atoms with E-state index in [0.717, 1.165) is 32.5 Å². The van der Waals surface area contributed by atoms with Crippen molar-refractivity contribution in [3.05, 3.63) is 12.2 Å². The molecular formula is C12H20O4. The highest BCUT2D eigenvalue weighted by atomic mass is 16.5. The zero-order chi connectivity index (χ0) is 11.8. The van der Waals surface area contributed by atoms with Crippen molar-refractivity contribution in [1.29, 1.82) is 0 Å². The van der Waals surface area contributed by atoms with Crippen molar-refractivity contribution in [3.8, 4) is 0 Å². The lowest BCUT2D eigenvalue weighted by atomic mass is 10.1. The van der Waals surface area contributed by atoms with Crippen LogP contribution in [0.1, 0.15) is 26.2 Å². The van der Waals surface area contributed by atoms with Crippen LogP contribution in [0.3, 0.4) is 0 Å². The summed E-state index contributed by atoms with van der Waals surface area (Å²) in [6.07, 6.45) is 2.97. The molecule has 1 fully saturated rings. The Labute approximate surface area is 96.6 Å². The fraction of sp³-hybridized carbons (Fsp3) is 0.750. The molecule has 0 aromatic heterocycles. The second-order valence-electron chi connectivity index (χ2n) is 3.95. The number of hydrogen-bond acceptors (Lipinski definition) is 4. The van der Waals surface area contributed by atoms with Gasteiger partial charge in [0, 0.05) is 25.2 Å². The molecule has 1 rings (SSSR count). The number of carbonyl (C=O) groups excluding carboxylic acids is 1. The molecule has 0 aromatic carbocycles. The van der Waals surface area contributed by atoms with Crippen LogP contribution in [0, 0.1) is 0 Å². The maximum absolute atomic E-state index is 11.0. The highest BCUT2D eigenvalue weighted by Crippen LogP contribution is 2.10. The van der Waals surface area contributed by atoms with Gasteiger partial charge in [-0.05, 0) is 19.8 Å². The summed E-state index contributed by atoms with van der Waals surface area (Å²) >= 11 is 0. The number of rotatable bonds is 6. The molecule has 4 nitrogen and oxygen atoms in total. The van der Waals surface area contributed by atoms with Gasteiger partial charge in [-0.1, -0.05) is 6.58 Å². The predicted octanol–water partition coefficient (Wildman–Crippen LogP) is 1.69. The van der Waals surface area contributed by atoms with E-state index in [1.54, 1.807) is 6.92 Å². The molecule has 1 aliphatic heterocycles. The third-order valence-electron chi connectivity index (χ3n) is 2.39. The maximum atomic E-state index is 11.0. The van der Waals surface area contributed by atoms with Crippen LogP contribution in [0.2, 0.25) is 0 Å². The van der Waals surface area contributed by atoms with E-state index < -0.39 is 0 Å². The lowest BCUT2D eigenvalue weighted by Gasteiger charge is -2.22. The van der Waals surface area contributed by atoms with Crippen LogP contribution in [0.15, 0.2) is 12.2 Å². The van der Waals surface area contributed by atoms with Crippen LogP contribution >= 0.6 is 0 Å². The quantitative estimate of drug-likeness (QED) is 0.394. The lowest BCUT2D eigenvalue weighted by Crippen LogP contribution is -2.24. The van der Waals surface area contributed by atoms with Crippen LogP contribution in [-0.4, -0.2) is 38.5 Å². The Hall–Kier alpha value is -0.870. The average Bonchev–Trinajstić information content (AvgIpc) is 2.29. The summed E-state index contributed by atoms with van der Waals surface area (Å²) in [7, 11) is 0. The Morgan fingerprint density at radius 1 is 1.38 bits per heavy atom. The first-order valence-corrected chi connectivity index (χ1v) is 5.72. The van der Waals surface area contributed by atoms with E-state index in [1.807, 2.05) is 0 Å². The topological polar surface area (TPSA) is 44.8 Å². The average molecular weight is 228 g/mol. The van der Waals surface area contributed by atoms with E-state index in [9.17, 15) is 4.79 Å². The van der Waals surface area contributed by atoms with E-state index in [1.165, 1.54) is 0 Å². The minimum absolute atomic E-state index is 0.311. The van der Waals surface area contributed by atoms with Crippen molar-refractivity contribution < 1.29 is 19.0 Å². The van der Waals surface area contributed by atoms with Gasteiger partial charge in [-0.2, -0.15) is 0 Å². The minimum atomic E-state index is -0.328. The molecule has 0 aromatic rings. The molecule has 0 amide bonds. The summed E-state index contributed by atoms with van der Waals surface area (Å²) in [6, 6.07) is 0. The van der Waals surface area contributed by atoms with Crippen LogP contribution < -0.4 is 0 Å². The molecule has 0 saturated carbocycles. The number of carbonyl (C=O) groups is 1. The summed E-state index contributed by atoms with van der Waals surface area (Å²) < 4.78 is 15.8. The van der Waals surface area contributed by atoms with Gasteiger partial charge in [0.1, 0.15) is 0 Å². The van der Waals surface area contributed by atoms with E-state index in [2.05, 4.69) is 6.58 Å². The van der Waals surface area contributed by atoms with Gasteiger partial charge in [-0.3, -0.25) is 0 Å². The zero-order valence-corrected chi connectivity index (χ0v) is 9.87. The standard InChI is InChI=1S/C12H20O4/c1-10(2)12(13)16-7-3-6-15-11-4-8-14-9-5-11/h11H,1,3-9H2,2H3. The first-order valence-electron chi connectivity index (χ1n) is 5.72. The molecular weight excluding hydrogens is 208 g/mol. The maximum Gasteiger partial charge on any atom is 0.333 e. The van der Waals surface area contributed by atoms with E-state index >= 15 is 0 Å². The van der Waals surface area contributed by atoms with Gasteiger partial charge < -0.3 is 14.2 Å². The van der Waals surface area contributed by atoms with Gasteiger partial charge in [0.15, 0.2) is 0 Å². The Balaban J connectivity index is 1.95. The molecule has 1 saturated heterocycles. The fourth-order valence-electron chi connectivity index (χ4n) is 1.44. The second-order valence-corrected chi connectivity index (χ2v) is 3.95. The summed E-state index contributed by atoms with van der Waals surface area (Å²) in [6.45, 7) is 7.75. The molecule has 0 unspecified atom stereocenters. The van der Waals surface area contributed by atoms with Gasteiger partial charge in [0.2, 0.25) is 0 Å². The molecule has 0 aliphatic carbocycles. The van der Waals surface area contributed by atoms with E-state index in [0.29, 0.717) is 24.9 Å². The van der Waals surface area contributed by atoms with Crippen molar-refractivity contribution in [1.82, 2.24) is 0 Å². The molecule has 1 aliphatic rings. The van der Waals surface area contributed by atoms with Gasteiger partial charge in [-0.15, -0.1) is 0 Å². The zero-order valence-electron chi connectivity index (χ0n) is 9.87. The Bertz CT molecular complexity index is 231. The lowest BCUT2D eigenvalue weighted by molar-refractivity contribution is -0.139. The monoisotopic (exact) mass is 228 g/mol. The SMILES string of the molecule is C=C(C)C(=O)OCCCOC1CCOCC1. The van der Waals surface area contributed by atoms with Gasteiger partial charge in [0.05, 0.1) is 19.3 Å². The Morgan fingerprint density at radius 3 is 2.69 bits per heavy atom. The first kappa shape index (κ1) is 13.2. The molecule has 92 valence electrons. The van der Waals surface area contributed by atoms with Crippen molar-refractivity contribution in [2.24, 2.45) is 0 Å². The minimum Gasteiger partial charge on any atom is -0.462 e. The first-order chi connectivity index (χ1) is 7.70. The van der Waals surface area contributed by atoms with E-state index in [-0.39, 0.29) is 5.97 Å². The normalized spacial score (nSPS) is 17.1. The van der Waals surface area contributed by atoms with Gasteiger partial charge in [-0.25, -0.2) is 4.79 Å². The summed E-state index contributed by atoms with van der Waals surface area (Å²) in [5.41, 5.74) is 0.436. The highest BCUT2D eigenvalue weighted by Gasteiger charge is 2.13. The van der Waals surface area contributed by atoms with Gasteiger partial charge in [0.25, 0.3) is 0 Å². The second kappa shape index (κ2) is 7.41. The van der Waals surface area contributed by atoms with Crippen LogP contribution in [0.5, 0.6) is 0 Å². The highest BCUT2D eigenvalue weighted by molar-refractivity contribution is 5.86. The van der Waals surface area contributed by atoms with Crippen molar-refractivity contribution in [3.63, 3.8) is 0 Å². The van der Waals surface area contributed by atoms with Crippen molar-refractivity contribution >= 4 is 5.97 Å². The third kappa shape index (κ3) is 5.28. The molecule has 0 bridgehead atoms. The molecule has 0 spiro atoms. The number of ether oxygens (including phenoxy) is 3. The molecule has 4 heteroatoms. The number of esters is 1. The summed E-state index contributed by atoms with van der Waals surface area (Å²) in [5, 5.41) is 0. The van der Waals surface area contributed by atoms with Crippen LogP contribution in [-0.2, 0) is 19.0 Å². The fourth-order valence-corrected chi connectivity index (χ4v) is 1.44. The van der Waals surface area contributed by atoms with Crippen LogP contribution in [0.4, 0.5) is 0 Å². The van der Waals surface area contributed by atoms with Crippen molar-refractivity contribution in [2.75, 3.05) is 26.4 Å². The Kier molecular flexibility index (Phi) is 6.11. The molecule has 0 N–H and O–H groups in total. The summed E-state index contributed by atoms with van der Waals surface area (Å²) in [4.78, 5) is 11.0. The number of hydrogen-bond donors (Lipinski definition) is 0. The summed E-state index contributed by atoms with van der Waals surface area (Å²) in [5.74, 6) is -0.328. The van der Waals surface area contributed by atoms with Crippen LogP contribution in [0.25, 0.3) is 0 Å². The molecule has 1 heterocycles. The van der Waals surface area contributed by atoms with E-state index in [4.69, 9.17) is 14.2 Å². The van der Waals surface area contributed by atoms with Crippen molar-refractivity contribution in [2.45, 2.75) is 32.3 Å². The smallest absolute Gasteiger partial charge is 0.333 e. The van der Waals surface area contributed by atoms with Gasteiger partial charge >= 0.3 is 5.97 Å². The Morgan fingerprint density at radius 2 is 2.06 bits per heavy atom. The largest absolute Gasteiger partial charge is 0.462 e.